The predicted molar refractivity (Wildman–Crippen MR) is 134 cm³/mol. The average Bonchev–Trinajstić information content (AvgIpc) is 3.30. The molecule has 0 radical (unpaired) electrons. The molecule has 0 amide bonds. The molecule has 1 aliphatic heterocycles. The standard InChI is InChI=1S/C25H22IN3S/c26-21-8-6-18(7-9-21)24(23-5-1-3-20-4-2-12-27-25(20)23)19-10-13-29(14-11-19)15-22-16-30-17-28-22/h1-9,12,16-17H,10-11,13-15H2. The first-order valence-electron chi connectivity index (χ1n) is 10.2. The van der Waals surface area contributed by atoms with Crippen LogP contribution in [0.1, 0.15) is 29.7 Å². The third-order valence-corrected chi connectivity index (χ3v) is 7.07. The van der Waals surface area contributed by atoms with Crippen molar-refractivity contribution in [1.29, 1.82) is 0 Å². The summed E-state index contributed by atoms with van der Waals surface area (Å²) in [6, 6.07) is 19.6. The van der Waals surface area contributed by atoms with Gasteiger partial charge >= 0.3 is 0 Å². The van der Waals surface area contributed by atoms with Crippen molar-refractivity contribution in [3.63, 3.8) is 0 Å². The van der Waals surface area contributed by atoms with Crippen LogP contribution in [0.15, 0.2) is 77.3 Å². The summed E-state index contributed by atoms with van der Waals surface area (Å²) in [5.74, 6) is 0. The topological polar surface area (TPSA) is 29.0 Å². The van der Waals surface area contributed by atoms with Gasteiger partial charge in [-0.2, -0.15) is 0 Å². The Morgan fingerprint density at radius 1 is 0.967 bits per heavy atom. The Kier molecular flexibility index (Phi) is 5.93. The van der Waals surface area contributed by atoms with Crippen LogP contribution in [0.5, 0.6) is 0 Å². The van der Waals surface area contributed by atoms with Crippen molar-refractivity contribution in [2.24, 2.45) is 0 Å². The van der Waals surface area contributed by atoms with Gasteiger partial charge in [-0.05, 0) is 64.8 Å². The van der Waals surface area contributed by atoms with Crippen LogP contribution >= 0.6 is 33.9 Å². The van der Waals surface area contributed by atoms with Gasteiger partial charge in [-0.3, -0.25) is 9.88 Å². The zero-order valence-corrected chi connectivity index (χ0v) is 19.6. The van der Waals surface area contributed by atoms with E-state index >= 15 is 0 Å². The number of pyridine rings is 1. The van der Waals surface area contributed by atoms with E-state index < -0.39 is 0 Å². The molecule has 5 rings (SSSR count). The third kappa shape index (κ3) is 4.19. The Balaban J connectivity index is 1.54. The molecule has 0 saturated carbocycles. The first-order chi connectivity index (χ1) is 14.8. The molecule has 0 atom stereocenters. The van der Waals surface area contributed by atoms with Gasteiger partial charge in [0.05, 0.1) is 16.7 Å². The molecule has 0 bridgehead atoms. The summed E-state index contributed by atoms with van der Waals surface area (Å²) in [6.45, 7) is 3.09. The Labute approximate surface area is 194 Å². The van der Waals surface area contributed by atoms with E-state index in [1.807, 2.05) is 17.8 Å². The van der Waals surface area contributed by atoms with Crippen molar-refractivity contribution >= 4 is 50.4 Å². The second-order valence-corrected chi connectivity index (χ2v) is 9.59. The molecular formula is C25H22IN3S. The van der Waals surface area contributed by atoms with Gasteiger partial charge in [-0.1, -0.05) is 42.0 Å². The lowest BCUT2D eigenvalue weighted by molar-refractivity contribution is 0.246. The number of halogens is 1. The van der Waals surface area contributed by atoms with Crippen molar-refractivity contribution in [3.05, 3.63) is 97.6 Å². The fraction of sp³-hybridized carbons (Fsp3) is 0.200. The van der Waals surface area contributed by atoms with Crippen LogP contribution in [-0.2, 0) is 6.54 Å². The van der Waals surface area contributed by atoms with E-state index in [2.05, 4.69) is 86.4 Å². The quantitative estimate of drug-likeness (QED) is 0.290. The van der Waals surface area contributed by atoms with E-state index in [4.69, 9.17) is 4.98 Å². The van der Waals surface area contributed by atoms with Crippen LogP contribution < -0.4 is 0 Å². The number of piperidine rings is 1. The molecule has 1 aliphatic rings. The largest absolute Gasteiger partial charge is 0.297 e. The highest BCUT2D eigenvalue weighted by Gasteiger charge is 2.21. The molecule has 0 N–H and O–H groups in total. The number of fused-ring (bicyclic) bond motifs is 1. The number of aromatic nitrogens is 2. The van der Waals surface area contributed by atoms with Gasteiger partial charge in [0.15, 0.2) is 0 Å². The van der Waals surface area contributed by atoms with E-state index in [-0.39, 0.29) is 0 Å². The van der Waals surface area contributed by atoms with Crippen LogP contribution in [0.2, 0.25) is 0 Å². The molecule has 0 aliphatic carbocycles. The number of rotatable bonds is 4. The van der Waals surface area contributed by atoms with Crippen molar-refractivity contribution in [3.8, 4) is 0 Å². The molecule has 2 aromatic carbocycles. The minimum Gasteiger partial charge on any atom is -0.297 e. The Hall–Kier alpha value is -2.09. The molecule has 3 heterocycles. The summed E-state index contributed by atoms with van der Waals surface area (Å²) in [5.41, 5.74) is 9.63. The van der Waals surface area contributed by atoms with Crippen molar-refractivity contribution in [2.45, 2.75) is 19.4 Å². The lowest BCUT2D eigenvalue weighted by Gasteiger charge is -2.30. The van der Waals surface area contributed by atoms with Crippen molar-refractivity contribution < 1.29 is 0 Å². The number of hydrogen-bond donors (Lipinski definition) is 0. The monoisotopic (exact) mass is 523 g/mol. The molecule has 5 heteroatoms. The highest BCUT2D eigenvalue weighted by atomic mass is 127. The summed E-state index contributed by atoms with van der Waals surface area (Å²) < 4.78 is 1.26. The number of para-hydroxylation sites is 1. The maximum absolute atomic E-state index is 4.75. The fourth-order valence-corrected chi connectivity index (χ4v) is 5.16. The van der Waals surface area contributed by atoms with E-state index in [0.29, 0.717) is 0 Å². The van der Waals surface area contributed by atoms with Crippen molar-refractivity contribution in [1.82, 2.24) is 14.9 Å². The van der Waals surface area contributed by atoms with Gasteiger partial charge in [0.1, 0.15) is 0 Å². The zero-order chi connectivity index (χ0) is 20.3. The average molecular weight is 523 g/mol. The predicted octanol–water partition coefficient (Wildman–Crippen LogP) is 6.39. The third-order valence-electron chi connectivity index (χ3n) is 5.72. The second-order valence-electron chi connectivity index (χ2n) is 7.62. The lowest BCUT2D eigenvalue weighted by Crippen LogP contribution is -2.30. The molecule has 0 unspecified atom stereocenters. The first-order valence-corrected chi connectivity index (χ1v) is 12.2. The second kappa shape index (κ2) is 8.96. The number of likely N-dealkylation sites (tertiary alicyclic amines) is 1. The number of benzene rings is 2. The lowest BCUT2D eigenvalue weighted by atomic mass is 9.87. The molecule has 1 fully saturated rings. The number of thiazole rings is 1. The van der Waals surface area contributed by atoms with Crippen LogP contribution in [0.4, 0.5) is 0 Å². The molecule has 150 valence electrons. The van der Waals surface area contributed by atoms with Crippen LogP contribution in [-0.4, -0.2) is 28.0 Å². The summed E-state index contributed by atoms with van der Waals surface area (Å²) >= 11 is 4.05. The van der Waals surface area contributed by atoms with Gasteiger partial charge in [0.2, 0.25) is 0 Å². The fourth-order valence-electron chi connectivity index (χ4n) is 4.25. The summed E-state index contributed by atoms with van der Waals surface area (Å²) in [7, 11) is 0. The SMILES string of the molecule is Ic1ccc(C(=C2CCN(Cc3cscn3)CC2)c2cccc3cccnc23)cc1. The molecule has 0 spiro atoms. The molecular weight excluding hydrogens is 501 g/mol. The Morgan fingerprint density at radius 3 is 2.53 bits per heavy atom. The smallest absolute Gasteiger partial charge is 0.0795 e. The van der Waals surface area contributed by atoms with E-state index in [1.165, 1.54) is 36.9 Å². The number of hydrogen-bond acceptors (Lipinski definition) is 4. The van der Waals surface area contributed by atoms with E-state index in [1.54, 1.807) is 11.3 Å². The zero-order valence-electron chi connectivity index (χ0n) is 16.6. The van der Waals surface area contributed by atoms with Gasteiger partial charge in [-0.25, -0.2) is 4.98 Å². The maximum Gasteiger partial charge on any atom is 0.0795 e. The van der Waals surface area contributed by atoms with Crippen LogP contribution in [0.3, 0.4) is 0 Å². The van der Waals surface area contributed by atoms with Crippen molar-refractivity contribution in [2.75, 3.05) is 13.1 Å². The summed E-state index contributed by atoms with van der Waals surface area (Å²) in [6.07, 6.45) is 4.06. The van der Waals surface area contributed by atoms with Crippen LogP contribution in [0.25, 0.3) is 16.5 Å². The van der Waals surface area contributed by atoms with Gasteiger partial charge in [0.25, 0.3) is 0 Å². The highest BCUT2D eigenvalue weighted by Crippen LogP contribution is 2.35. The minimum absolute atomic E-state index is 0.950. The normalized spacial score (nSPS) is 14.9. The number of nitrogens with zero attached hydrogens (tertiary/aromatic N) is 3. The molecule has 4 aromatic rings. The van der Waals surface area contributed by atoms with E-state index in [9.17, 15) is 0 Å². The van der Waals surface area contributed by atoms with Gasteiger partial charge < -0.3 is 0 Å². The van der Waals surface area contributed by atoms with Crippen LogP contribution in [0, 0.1) is 3.57 Å². The molecule has 30 heavy (non-hydrogen) atoms. The van der Waals surface area contributed by atoms with E-state index in [0.717, 1.165) is 38.0 Å². The molecule has 3 nitrogen and oxygen atoms in total. The first kappa shape index (κ1) is 19.8. The molecule has 1 saturated heterocycles. The van der Waals surface area contributed by atoms with Gasteiger partial charge in [-0.15, -0.1) is 11.3 Å². The van der Waals surface area contributed by atoms with Gasteiger partial charge in [0, 0.05) is 45.7 Å². The minimum atomic E-state index is 0.950. The highest BCUT2D eigenvalue weighted by molar-refractivity contribution is 14.1. The summed E-state index contributed by atoms with van der Waals surface area (Å²) in [5, 5.41) is 3.35. The summed E-state index contributed by atoms with van der Waals surface area (Å²) in [4.78, 5) is 11.7. The maximum atomic E-state index is 4.75. The Bertz CT molecular complexity index is 1170. The molecule has 2 aromatic heterocycles. The Morgan fingerprint density at radius 2 is 1.77 bits per heavy atom.